The first kappa shape index (κ1) is 20.7. The lowest BCUT2D eigenvalue weighted by Crippen LogP contribution is -2.66. The quantitative estimate of drug-likeness (QED) is 0.481. The highest BCUT2D eigenvalue weighted by molar-refractivity contribution is 7.84. The first-order chi connectivity index (χ1) is 13.1. The van der Waals surface area contributed by atoms with Gasteiger partial charge >= 0.3 is 6.18 Å². The number of nitrogens with zero attached hydrogens (tertiary/aromatic N) is 1. The SMILES string of the molecule is N#CC1=C(S)N[C@@](O)(C(F)(F)F)[C@H](C(=O)c2cccs2)[C@H]1c1ccccc1Cl. The van der Waals surface area contributed by atoms with Crippen LogP contribution in [0.25, 0.3) is 0 Å². The monoisotopic (exact) mass is 444 g/mol. The summed E-state index contributed by atoms with van der Waals surface area (Å²) in [5.41, 5.74) is -3.75. The number of hydrogen-bond donors (Lipinski definition) is 3. The van der Waals surface area contributed by atoms with Crippen LogP contribution in [0, 0.1) is 17.2 Å². The van der Waals surface area contributed by atoms with E-state index in [1.807, 2.05) is 5.32 Å². The van der Waals surface area contributed by atoms with Gasteiger partial charge in [0.1, 0.15) is 0 Å². The van der Waals surface area contributed by atoms with Gasteiger partial charge in [-0.1, -0.05) is 35.9 Å². The van der Waals surface area contributed by atoms with Crippen LogP contribution in [-0.4, -0.2) is 22.8 Å². The molecule has 2 aromatic rings. The van der Waals surface area contributed by atoms with Crippen LogP contribution in [0.15, 0.2) is 52.4 Å². The minimum atomic E-state index is -5.24. The first-order valence-electron chi connectivity index (χ1n) is 7.84. The Kier molecular flexibility index (Phi) is 5.51. The molecule has 3 atom stereocenters. The number of thiol groups is 1. The molecule has 0 radical (unpaired) electrons. The molecule has 4 nitrogen and oxygen atoms in total. The van der Waals surface area contributed by atoms with E-state index in [4.69, 9.17) is 11.6 Å². The normalized spacial score (nSPS) is 25.2. The van der Waals surface area contributed by atoms with Crippen LogP contribution in [0.2, 0.25) is 5.02 Å². The number of nitrogens with one attached hydrogen (secondary N) is 1. The molecule has 10 heteroatoms. The number of rotatable bonds is 3. The molecule has 28 heavy (non-hydrogen) atoms. The number of hydrogen-bond acceptors (Lipinski definition) is 6. The van der Waals surface area contributed by atoms with Crippen molar-refractivity contribution in [3.8, 4) is 6.07 Å². The van der Waals surface area contributed by atoms with E-state index >= 15 is 0 Å². The van der Waals surface area contributed by atoms with E-state index in [9.17, 15) is 28.3 Å². The summed E-state index contributed by atoms with van der Waals surface area (Å²) < 4.78 is 41.8. The zero-order chi connectivity index (χ0) is 20.7. The second-order valence-corrected chi connectivity index (χ2v) is 7.88. The van der Waals surface area contributed by atoms with Gasteiger partial charge in [0.2, 0.25) is 5.72 Å². The third-order valence-corrected chi connectivity index (χ3v) is 6.08. The van der Waals surface area contributed by atoms with Crippen LogP contribution in [0.3, 0.4) is 0 Å². The standard InChI is InChI=1S/C18H12ClF3N2O2S2/c19-11-5-2-1-4-9(11)13-10(8-23)16(27)24-17(26,18(20,21)22)14(13)15(25)12-6-3-7-28-12/h1-7,13-14,24,26-27H/t13-,14-,17-/m0/s1. The Morgan fingerprint density at radius 1 is 1.32 bits per heavy atom. The summed E-state index contributed by atoms with van der Waals surface area (Å²) >= 11 is 11.1. The third kappa shape index (κ3) is 3.31. The minimum absolute atomic E-state index is 0.0198. The lowest BCUT2D eigenvalue weighted by Gasteiger charge is -2.45. The molecule has 0 saturated heterocycles. The summed E-state index contributed by atoms with van der Waals surface area (Å²) in [4.78, 5) is 13.1. The summed E-state index contributed by atoms with van der Waals surface area (Å²) in [5, 5.41) is 23.2. The molecule has 0 bridgehead atoms. The number of nitriles is 1. The van der Waals surface area contributed by atoms with Crippen molar-refractivity contribution in [3.63, 3.8) is 0 Å². The molecule has 1 aromatic carbocycles. The topological polar surface area (TPSA) is 73.1 Å². The van der Waals surface area contributed by atoms with Crippen molar-refractivity contribution in [1.29, 1.82) is 5.26 Å². The molecule has 1 aromatic heterocycles. The summed E-state index contributed by atoms with van der Waals surface area (Å²) in [5.74, 6) is -4.49. The molecule has 0 saturated carbocycles. The lowest BCUT2D eigenvalue weighted by atomic mass is 9.70. The van der Waals surface area contributed by atoms with Gasteiger partial charge in [0.25, 0.3) is 0 Å². The van der Waals surface area contributed by atoms with Gasteiger partial charge in [0.15, 0.2) is 5.78 Å². The second kappa shape index (κ2) is 7.44. The predicted molar refractivity (Wildman–Crippen MR) is 102 cm³/mol. The van der Waals surface area contributed by atoms with Gasteiger partial charge in [-0.25, -0.2) is 0 Å². The van der Waals surface area contributed by atoms with E-state index < -0.39 is 34.5 Å². The zero-order valence-electron chi connectivity index (χ0n) is 13.9. The van der Waals surface area contributed by atoms with Crippen molar-refractivity contribution in [3.05, 3.63) is 67.8 Å². The Hall–Kier alpha value is -1.99. The van der Waals surface area contributed by atoms with Crippen LogP contribution in [0.4, 0.5) is 13.2 Å². The van der Waals surface area contributed by atoms with E-state index in [1.165, 1.54) is 35.7 Å². The van der Waals surface area contributed by atoms with Gasteiger partial charge in [-0.3, -0.25) is 4.79 Å². The predicted octanol–water partition coefficient (Wildman–Crippen LogP) is 4.50. The summed E-state index contributed by atoms with van der Waals surface area (Å²) in [7, 11) is 0. The molecule has 146 valence electrons. The number of carbonyl (C=O) groups excluding carboxylic acids is 1. The molecule has 2 N–H and O–H groups in total. The summed E-state index contributed by atoms with van der Waals surface area (Å²) in [6.07, 6.45) is -5.24. The van der Waals surface area contributed by atoms with Crippen LogP contribution in [0.5, 0.6) is 0 Å². The highest BCUT2D eigenvalue weighted by Gasteiger charge is 2.66. The van der Waals surface area contributed by atoms with Gasteiger partial charge in [-0.15, -0.1) is 24.0 Å². The fraction of sp³-hybridized carbons (Fsp3) is 0.222. The largest absolute Gasteiger partial charge is 0.437 e. The van der Waals surface area contributed by atoms with Crippen LogP contribution in [-0.2, 0) is 0 Å². The molecule has 0 fully saturated rings. The molecule has 0 amide bonds. The highest BCUT2D eigenvalue weighted by Crippen LogP contribution is 2.51. The Labute approximate surface area is 172 Å². The molecule has 1 aliphatic heterocycles. The van der Waals surface area contributed by atoms with Crippen molar-refractivity contribution >= 4 is 41.3 Å². The Morgan fingerprint density at radius 3 is 2.54 bits per heavy atom. The smallest absolute Gasteiger partial charge is 0.363 e. The molecule has 0 unspecified atom stereocenters. The number of carbonyl (C=O) groups is 1. The van der Waals surface area contributed by atoms with Gasteiger partial charge in [0, 0.05) is 10.9 Å². The fourth-order valence-corrected chi connectivity index (χ4v) is 4.54. The molecule has 0 spiro atoms. The molecular weight excluding hydrogens is 433 g/mol. The maximum atomic E-state index is 13.9. The average Bonchev–Trinajstić information content (AvgIpc) is 3.15. The number of ketones is 1. The molecular formula is C18H12ClF3N2O2S2. The average molecular weight is 445 g/mol. The van der Waals surface area contributed by atoms with E-state index in [-0.39, 0.29) is 21.0 Å². The zero-order valence-corrected chi connectivity index (χ0v) is 16.3. The Bertz CT molecular complexity index is 985. The van der Waals surface area contributed by atoms with Crippen molar-refractivity contribution in [2.75, 3.05) is 0 Å². The van der Waals surface area contributed by atoms with Crippen LogP contribution in [0.1, 0.15) is 21.2 Å². The molecule has 0 aliphatic carbocycles. The van der Waals surface area contributed by atoms with E-state index in [2.05, 4.69) is 12.6 Å². The lowest BCUT2D eigenvalue weighted by molar-refractivity contribution is -0.285. The number of alkyl halides is 3. The molecule has 1 aliphatic rings. The van der Waals surface area contributed by atoms with Gasteiger partial charge in [-0.05, 0) is 23.1 Å². The fourth-order valence-electron chi connectivity index (χ4n) is 3.23. The number of allylic oxidation sites excluding steroid dienone is 1. The third-order valence-electron chi connectivity index (χ3n) is 4.50. The number of aliphatic hydroxyl groups is 1. The Morgan fingerprint density at radius 2 is 2.00 bits per heavy atom. The maximum absolute atomic E-state index is 13.9. The van der Waals surface area contributed by atoms with Gasteiger partial charge in [-0.2, -0.15) is 18.4 Å². The Balaban J connectivity index is 2.33. The van der Waals surface area contributed by atoms with E-state index in [0.717, 1.165) is 11.3 Å². The number of benzene rings is 1. The molecule has 3 rings (SSSR count). The highest BCUT2D eigenvalue weighted by atomic mass is 35.5. The molecule has 2 heterocycles. The maximum Gasteiger partial charge on any atom is 0.437 e. The number of thiophene rings is 1. The van der Waals surface area contributed by atoms with E-state index in [0.29, 0.717) is 0 Å². The van der Waals surface area contributed by atoms with Gasteiger partial charge < -0.3 is 10.4 Å². The van der Waals surface area contributed by atoms with Crippen LogP contribution < -0.4 is 5.32 Å². The van der Waals surface area contributed by atoms with Crippen LogP contribution >= 0.6 is 35.6 Å². The van der Waals surface area contributed by atoms with E-state index in [1.54, 1.807) is 12.1 Å². The van der Waals surface area contributed by atoms with Crippen molar-refractivity contribution < 1.29 is 23.1 Å². The number of halogens is 4. The minimum Gasteiger partial charge on any atom is -0.363 e. The van der Waals surface area contributed by atoms with Gasteiger partial charge in [0.05, 0.1) is 27.5 Å². The van der Waals surface area contributed by atoms with Crippen molar-refractivity contribution in [2.45, 2.75) is 17.8 Å². The summed E-state index contributed by atoms with van der Waals surface area (Å²) in [6, 6.07) is 10.6. The van der Waals surface area contributed by atoms with Crippen molar-refractivity contribution in [2.24, 2.45) is 5.92 Å². The summed E-state index contributed by atoms with van der Waals surface area (Å²) in [6.45, 7) is 0. The first-order valence-corrected chi connectivity index (χ1v) is 9.55. The second-order valence-electron chi connectivity index (χ2n) is 6.08. The number of Topliss-reactive ketones (excluding diaryl/α,β-unsaturated/α-hetero) is 1. The van der Waals surface area contributed by atoms with Crippen molar-refractivity contribution in [1.82, 2.24) is 5.32 Å².